The molecule has 0 saturated carbocycles. The van der Waals surface area contributed by atoms with Crippen molar-refractivity contribution in [3.05, 3.63) is 65.2 Å². The van der Waals surface area contributed by atoms with Gasteiger partial charge in [-0.3, -0.25) is 4.79 Å². The van der Waals surface area contributed by atoms with Crippen molar-refractivity contribution >= 4 is 27.5 Å². The van der Waals surface area contributed by atoms with E-state index in [1.807, 2.05) is 41.5 Å². The van der Waals surface area contributed by atoms with Gasteiger partial charge in [-0.1, -0.05) is 42.5 Å². The Morgan fingerprint density at radius 1 is 1.14 bits per heavy atom. The van der Waals surface area contributed by atoms with Crippen LogP contribution in [0.15, 0.2) is 54.6 Å². The average molecular weight is 395 g/mol. The van der Waals surface area contributed by atoms with Crippen molar-refractivity contribution in [2.75, 3.05) is 20.1 Å². The number of rotatable bonds is 5. The summed E-state index contributed by atoms with van der Waals surface area (Å²) in [6.07, 6.45) is 2.21. The van der Waals surface area contributed by atoms with E-state index < -0.39 is 0 Å². The van der Waals surface area contributed by atoms with Crippen molar-refractivity contribution in [2.24, 2.45) is 0 Å². The molecular formula is C23H28N3OS+. The van der Waals surface area contributed by atoms with Gasteiger partial charge in [0.05, 0.1) is 28.3 Å². The van der Waals surface area contributed by atoms with Gasteiger partial charge in [0.15, 0.2) is 6.04 Å². The molecule has 2 aromatic carbocycles. The van der Waals surface area contributed by atoms with E-state index in [2.05, 4.69) is 43.3 Å². The Hall–Kier alpha value is -2.24. The van der Waals surface area contributed by atoms with Crippen LogP contribution in [0.1, 0.15) is 36.3 Å². The number of nitrogens with one attached hydrogen (secondary N) is 1. The zero-order valence-electron chi connectivity index (χ0n) is 16.6. The molecule has 1 atom stereocenters. The zero-order chi connectivity index (χ0) is 19.5. The molecule has 0 unspecified atom stereocenters. The first-order valence-corrected chi connectivity index (χ1v) is 10.9. The van der Waals surface area contributed by atoms with Gasteiger partial charge in [-0.25, -0.2) is 4.98 Å². The molecule has 2 heterocycles. The molecule has 1 aliphatic rings. The number of likely N-dealkylation sites (tertiary alicyclic amines) is 1. The molecule has 146 valence electrons. The van der Waals surface area contributed by atoms with E-state index in [1.165, 1.54) is 20.2 Å². The molecule has 28 heavy (non-hydrogen) atoms. The molecule has 4 nitrogen and oxygen atoms in total. The fourth-order valence-electron chi connectivity index (χ4n) is 4.17. The lowest BCUT2D eigenvalue weighted by Crippen LogP contribution is -3.17. The number of amides is 1. The van der Waals surface area contributed by atoms with Gasteiger partial charge < -0.3 is 9.80 Å². The molecule has 4 rings (SSSR count). The number of aromatic nitrogens is 1. The van der Waals surface area contributed by atoms with Crippen LogP contribution in [0.5, 0.6) is 0 Å². The maximum absolute atomic E-state index is 12.9. The van der Waals surface area contributed by atoms with Crippen LogP contribution in [0.4, 0.5) is 0 Å². The highest BCUT2D eigenvalue weighted by Gasteiger charge is 2.33. The first kappa shape index (κ1) is 19.1. The minimum Gasteiger partial charge on any atom is -0.336 e. The molecule has 0 radical (unpaired) electrons. The van der Waals surface area contributed by atoms with E-state index in [1.54, 1.807) is 0 Å². The number of likely N-dealkylation sites (N-methyl/N-ethyl adjacent to an activating group) is 1. The molecule has 0 aliphatic carbocycles. The highest BCUT2D eigenvalue weighted by Crippen LogP contribution is 2.31. The van der Waals surface area contributed by atoms with E-state index in [4.69, 9.17) is 4.98 Å². The summed E-state index contributed by atoms with van der Waals surface area (Å²) in [5.41, 5.74) is 2.29. The van der Waals surface area contributed by atoms with E-state index in [-0.39, 0.29) is 11.9 Å². The van der Waals surface area contributed by atoms with Gasteiger partial charge in [0, 0.05) is 32.4 Å². The van der Waals surface area contributed by atoms with E-state index in [0.29, 0.717) is 12.5 Å². The number of quaternary nitrogens is 1. The normalized spacial score (nSPS) is 20.8. The molecule has 0 spiro atoms. The smallest absolute Gasteiger partial charge is 0.280 e. The fourth-order valence-corrected chi connectivity index (χ4v) is 5.31. The summed E-state index contributed by atoms with van der Waals surface area (Å²) in [6, 6.07) is 18.6. The van der Waals surface area contributed by atoms with Gasteiger partial charge in [-0.15, -0.1) is 11.3 Å². The SMILES string of the molecule is C[C@@H](C(=O)N(C)Cc1ccccc1)[NH+]1CCC(c2nc3ccccc3s2)CC1. The van der Waals surface area contributed by atoms with Crippen molar-refractivity contribution in [3.8, 4) is 0 Å². The first-order valence-electron chi connectivity index (χ1n) is 10.1. The summed E-state index contributed by atoms with van der Waals surface area (Å²) >= 11 is 1.83. The quantitative estimate of drug-likeness (QED) is 0.722. The predicted molar refractivity (Wildman–Crippen MR) is 115 cm³/mol. The van der Waals surface area contributed by atoms with Gasteiger partial charge in [0.25, 0.3) is 5.91 Å². The average Bonchev–Trinajstić information content (AvgIpc) is 3.18. The highest BCUT2D eigenvalue weighted by atomic mass is 32.1. The first-order chi connectivity index (χ1) is 13.6. The minimum absolute atomic E-state index is 0.00466. The number of thiazole rings is 1. The summed E-state index contributed by atoms with van der Waals surface area (Å²) < 4.78 is 1.28. The van der Waals surface area contributed by atoms with E-state index in [9.17, 15) is 4.79 Å². The second kappa shape index (κ2) is 8.41. The predicted octanol–water partition coefficient (Wildman–Crippen LogP) is 3.11. The van der Waals surface area contributed by atoms with Crippen LogP contribution < -0.4 is 4.90 Å². The van der Waals surface area contributed by atoms with Gasteiger partial charge in [0.1, 0.15) is 0 Å². The Labute approximate surface area is 170 Å². The number of carbonyl (C=O) groups is 1. The van der Waals surface area contributed by atoms with Crippen LogP contribution in [-0.4, -0.2) is 42.0 Å². The van der Waals surface area contributed by atoms with Gasteiger partial charge >= 0.3 is 0 Å². The van der Waals surface area contributed by atoms with Crippen LogP contribution in [0.2, 0.25) is 0 Å². The molecule has 1 aliphatic heterocycles. The lowest BCUT2D eigenvalue weighted by Gasteiger charge is -2.33. The Morgan fingerprint density at radius 2 is 1.82 bits per heavy atom. The molecule has 1 fully saturated rings. The van der Waals surface area contributed by atoms with Gasteiger partial charge in [-0.05, 0) is 24.6 Å². The number of carbonyl (C=O) groups excluding carboxylic acids is 1. The monoisotopic (exact) mass is 394 g/mol. The highest BCUT2D eigenvalue weighted by molar-refractivity contribution is 7.18. The van der Waals surface area contributed by atoms with Crippen LogP contribution in [0.3, 0.4) is 0 Å². The Kier molecular flexibility index (Phi) is 5.74. The number of nitrogens with zero attached hydrogens (tertiary/aromatic N) is 2. The third kappa shape index (κ3) is 4.10. The summed E-state index contributed by atoms with van der Waals surface area (Å²) in [6.45, 7) is 4.82. The maximum atomic E-state index is 12.9. The maximum Gasteiger partial charge on any atom is 0.280 e. The minimum atomic E-state index is 0.00466. The number of piperidine rings is 1. The van der Waals surface area contributed by atoms with Crippen molar-refractivity contribution in [3.63, 3.8) is 0 Å². The third-order valence-electron chi connectivity index (χ3n) is 5.91. The van der Waals surface area contributed by atoms with Crippen LogP contribution >= 0.6 is 11.3 Å². The number of para-hydroxylation sites is 1. The molecule has 1 aromatic heterocycles. The number of hydrogen-bond donors (Lipinski definition) is 1. The molecule has 0 bridgehead atoms. The van der Waals surface area contributed by atoms with Crippen LogP contribution in [-0.2, 0) is 11.3 Å². The zero-order valence-corrected chi connectivity index (χ0v) is 17.4. The molecule has 3 aromatic rings. The third-order valence-corrected chi connectivity index (χ3v) is 7.11. The Bertz CT molecular complexity index is 898. The molecule has 1 N–H and O–H groups in total. The fraction of sp³-hybridized carbons (Fsp3) is 0.391. The van der Waals surface area contributed by atoms with E-state index in [0.717, 1.165) is 31.4 Å². The number of fused-ring (bicyclic) bond motifs is 1. The van der Waals surface area contributed by atoms with Crippen LogP contribution in [0.25, 0.3) is 10.2 Å². The second-order valence-electron chi connectivity index (χ2n) is 7.85. The largest absolute Gasteiger partial charge is 0.336 e. The summed E-state index contributed by atoms with van der Waals surface area (Å²) in [7, 11) is 1.92. The van der Waals surface area contributed by atoms with Gasteiger partial charge in [0.2, 0.25) is 0 Å². The summed E-state index contributed by atoms with van der Waals surface area (Å²) in [4.78, 5) is 21.0. The molecular weight excluding hydrogens is 366 g/mol. The topological polar surface area (TPSA) is 37.6 Å². The van der Waals surface area contributed by atoms with Crippen molar-refractivity contribution < 1.29 is 9.69 Å². The molecule has 1 saturated heterocycles. The van der Waals surface area contributed by atoms with Crippen molar-refractivity contribution in [1.82, 2.24) is 9.88 Å². The van der Waals surface area contributed by atoms with Crippen molar-refractivity contribution in [2.45, 2.75) is 38.3 Å². The number of hydrogen-bond acceptors (Lipinski definition) is 3. The summed E-state index contributed by atoms with van der Waals surface area (Å²) in [5.74, 6) is 0.766. The second-order valence-corrected chi connectivity index (χ2v) is 8.92. The lowest BCUT2D eigenvalue weighted by molar-refractivity contribution is -0.919. The summed E-state index contributed by atoms with van der Waals surface area (Å²) in [5, 5.41) is 1.26. The Morgan fingerprint density at radius 3 is 2.54 bits per heavy atom. The van der Waals surface area contributed by atoms with E-state index >= 15 is 0 Å². The standard InChI is InChI=1S/C23H27N3OS/c1-17(23(27)25(2)16-18-8-4-3-5-9-18)26-14-12-19(13-15-26)22-24-20-10-6-7-11-21(20)28-22/h3-11,17,19H,12-16H2,1-2H3/p+1/t17-/m0/s1. The van der Waals surface area contributed by atoms with Crippen LogP contribution in [0, 0.1) is 0 Å². The molecule has 1 amide bonds. The van der Waals surface area contributed by atoms with Crippen molar-refractivity contribution in [1.29, 1.82) is 0 Å². The molecule has 5 heteroatoms. The lowest BCUT2D eigenvalue weighted by atomic mass is 9.96. The Balaban J connectivity index is 1.34. The van der Waals surface area contributed by atoms with Gasteiger partial charge in [-0.2, -0.15) is 0 Å². The number of benzene rings is 2.